The molecule has 1 aromatic heterocycles. The molecule has 1 aromatic carbocycles. The number of hydrogen-bond acceptors (Lipinski definition) is 4. The summed E-state index contributed by atoms with van der Waals surface area (Å²) in [7, 11) is -3.03. The molecule has 0 spiro atoms. The number of aromatic amines is 1. The van der Waals surface area contributed by atoms with E-state index in [0.29, 0.717) is 17.2 Å². The summed E-state index contributed by atoms with van der Waals surface area (Å²) in [5.41, 5.74) is -0.160. The van der Waals surface area contributed by atoms with Gasteiger partial charge in [0, 0.05) is 18.2 Å². The third kappa shape index (κ3) is 4.16. The fourth-order valence-corrected chi connectivity index (χ4v) is 2.63. The molecule has 0 fully saturated rings. The predicted octanol–water partition coefficient (Wildman–Crippen LogP) is 0.693. The number of benzene rings is 1. The largest absolute Gasteiger partial charge is 0.351 e. The molecule has 7 heteroatoms. The summed E-state index contributed by atoms with van der Waals surface area (Å²) < 4.78 is 22.0. The van der Waals surface area contributed by atoms with Crippen LogP contribution < -0.4 is 10.9 Å². The van der Waals surface area contributed by atoms with Gasteiger partial charge in [0.1, 0.15) is 15.5 Å². The van der Waals surface area contributed by atoms with Crippen LogP contribution in [-0.4, -0.2) is 37.9 Å². The Kier molecular flexibility index (Phi) is 4.42. The molecule has 1 amide bonds. The average Bonchev–Trinajstić information content (AvgIpc) is 2.42. The zero-order chi connectivity index (χ0) is 15.5. The first kappa shape index (κ1) is 15.2. The lowest BCUT2D eigenvalue weighted by molar-refractivity contribution is 0.0948. The van der Waals surface area contributed by atoms with Crippen LogP contribution in [0.2, 0.25) is 0 Å². The van der Waals surface area contributed by atoms with Crippen LogP contribution in [0.15, 0.2) is 35.1 Å². The van der Waals surface area contributed by atoms with Crippen LogP contribution in [0.5, 0.6) is 0 Å². The monoisotopic (exact) mass is 308 g/mol. The molecule has 0 radical (unpaired) electrons. The Morgan fingerprint density at radius 3 is 2.71 bits per heavy atom. The van der Waals surface area contributed by atoms with Crippen molar-refractivity contribution in [1.82, 2.24) is 10.3 Å². The maximum Gasteiger partial charge on any atom is 0.267 e. The van der Waals surface area contributed by atoms with Gasteiger partial charge in [0.15, 0.2) is 0 Å². The molecule has 0 unspecified atom stereocenters. The van der Waals surface area contributed by atoms with Crippen LogP contribution in [0.3, 0.4) is 0 Å². The normalized spacial score (nSPS) is 11.5. The Balaban J connectivity index is 2.08. The van der Waals surface area contributed by atoms with Crippen molar-refractivity contribution in [3.63, 3.8) is 0 Å². The van der Waals surface area contributed by atoms with Crippen molar-refractivity contribution in [1.29, 1.82) is 0 Å². The van der Waals surface area contributed by atoms with E-state index in [4.69, 9.17) is 0 Å². The summed E-state index contributed by atoms with van der Waals surface area (Å²) in [5, 5.41) is 3.79. The summed E-state index contributed by atoms with van der Waals surface area (Å²) in [4.78, 5) is 26.3. The highest BCUT2D eigenvalue weighted by atomic mass is 32.2. The predicted molar refractivity (Wildman–Crippen MR) is 81.2 cm³/mol. The molecule has 0 aliphatic rings. The molecule has 2 aromatic rings. The molecule has 21 heavy (non-hydrogen) atoms. The van der Waals surface area contributed by atoms with E-state index in [-0.39, 0.29) is 23.6 Å². The number of amides is 1. The van der Waals surface area contributed by atoms with Crippen molar-refractivity contribution in [3.05, 3.63) is 46.4 Å². The number of H-pyrrole nitrogens is 1. The highest BCUT2D eigenvalue weighted by Crippen LogP contribution is 2.09. The molecule has 112 valence electrons. The maximum atomic E-state index is 11.9. The average molecular weight is 308 g/mol. The minimum atomic E-state index is -3.03. The second-order valence-electron chi connectivity index (χ2n) is 4.84. The van der Waals surface area contributed by atoms with E-state index in [1.165, 1.54) is 0 Å². The molecule has 0 bridgehead atoms. The van der Waals surface area contributed by atoms with E-state index < -0.39 is 15.7 Å². The Morgan fingerprint density at radius 1 is 1.29 bits per heavy atom. The molecule has 0 saturated heterocycles. The Bertz CT molecular complexity index is 824. The van der Waals surface area contributed by atoms with Crippen LogP contribution in [0.4, 0.5) is 0 Å². The number of nitrogens with one attached hydrogen (secondary N) is 2. The first-order valence-electron chi connectivity index (χ1n) is 6.45. The number of pyridine rings is 1. The third-order valence-electron chi connectivity index (χ3n) is 2.98. The van der Waals surface area contributed by atoms with Gasteiger partial charge in [-0.1, -0.05) is 18.2 Å². The summed E-state index contributed by atoms with van der Waals surface area (Å²) in [5.74, 6) is -0.409. The lowest BCUT2D eigenvalue weighted by Gasteiger charge is -2.06. The molecular weight excluding hydrogens is 292 g/mol. The Labute approximate surface area is 122 Å². The number of carbonyl (C=O) groups excluding carboxylic acids is 1. The molecular formula is C14H16N2O4S. The molecule has 1 heterocycles. The van der Waals surface area contributed by atoms with Crippen molar-refractivity contribution in [2.24, 2.45) is 0 Å². The number of rotatable bonds is 5. The van der Waals surface area contributed by atoms with Crippen molar-refractivity contribution in [3.8, 4) is 0 Å². The number of carbonyl (C=O) groups is 1. The van der Waals surface area contributed by atoms with Gasteiger partial charge in [-0.2, -0.15) is 0 Å². The highest BCUT2D eigenvalue weighted by molar-refractivity contribution is 7.90. The van der Waals surface area contributed by atoms with Crippen molar-refractivity contribution in [2.45, 2.75) is 6.42 Å². The van der Waals surface area contributed by atoms with Crippen molar-refractivity contribution < 1.29 is 13.2 Å². The first-order valence-corrected chi connectivity index (χ1v) is 8.51. The molecule has 2 rings (SSSR count). The number of fused-ring (bicyclic) bond motifs is 1. The highest BCUT2D eigenvalue weighted by Gasteiger charge is 2.09. The number of hydrogen-bond donors (Lipinski definition) is 2. The van der Waals surface area contributed by atoms with Gasteiger partial charge in [0.2, 0.25) is 0 Å². The lowest BCUT2D eigenvalue weighted by Crippen LogP contribution is -2.28. The topological polar surface area (TPSA) is 96.1 Å². The van der Waals surface area contributed by atoms with Gasteiger partial charge in [-0.15, -0.1) is 0 Å². The van der Waals surface area contributed by atoms with E-state index in [0.717, 1.165) is 6.26 Å². The van der Waals surface area contributed by atoms with Crippen LogP contribution in [0.1, 0.15) is 16.9 Å². The van der Waals surface area contributed by atoms with Gasteiger partial charge in [-0.3, -0.25) is 9.59 Å². The molecule has 0 aliphatic carbocycles. The Hall–Kier alpha value is -2.15. The summed E-state index contributed by atoms with van der Waals surface area (Å²) in [6, 6.07) is 8.58. The fourth-order valence-electron chi connectivity index (χ4n) is 1.96. The summed E-state index contributed by atoms with van der Waals surface area (Å²) in [6.07, 6.45) is 1.48. The molecule has 0 saturated carbocycles. The van der Waals surface area contributed by atoms with Crippen LogP contribution in [-0.2, 0) is 9.84 Å². The fraction of sp³-hybridized carbons (Fsp3) is 0.286. The molecule has 0 atom stereocenters. The van der Waals surface area contributed by atoms with E-state index in [2.05, 4.69) is 10.3 Å². The minimum Gasteiger partial charge on any atom is -0.351 e. The van der Waals surface area contributed by atoms with Crippen molar-refractivity contribution >= 4 is 26.5 Å². The van der Waals surface area contributed by atoms with E-state index >= 15 is 0 Å². The minimum absolute atomic E-state index is 0.0154. The van der Waals surface area contributed by atoms with Gasteiger partial charge < -0.3 is 10.3 Å². The molecule has 6 nitrogen and oxygen atoms in total. The van der Waals surface area contributed by atoms with Crippen LogP contribution in [0.25, 0.3) is 10.8 Å². The molecule has 0 aliphatic heterocycles. The van der Waals surface area contributed by atoms with Crippen molar-refractivity contribution in [2.75, 3.05) is 18.6 Å². The van der Waals surface area contributed by atoms with Crippen LogP contribution in [0, 0.1) is 0 Å². The summed E-state index contributed by atoms with van der Waals surface area (Å²) in [6.45, 7) is 0.237. The van der Waals surface area contributed by atoms with Gasteiger partial charge in [-0.05, 0) is 23.9 Å². The van der Waals surface area contributed by atoms with Gasteiger partial charge in [-0.25, -0.2) is 8.42 Å². The lowest BCUT2D eigenvalue weighted by atomic mass is 10.1. The van der Waals surface area contributed by atoms with Gasteiger partial charge in [0.05, 0.1) is 5.75 Å². The smallest absolute Gasteiger partial charge is 0.267 e. The van der Waals surface area contributed by atoms with Gasteiger partial charge in [0.25, 0.3) is 11.5 Å². The standard InChI is InChI=1S/C14H16N2O4S/c1-21(19,20)8-4-7-15-14(18)12-9-10-5-2-3-6-11(10)13(17)16-12/h2-3,5-6,9H,4,7-8H2,1H3,(H,15,18)(H,16,17). The van der Waals surface area contributed by atoms with E-state index in [1.807, 2.05) is 0 Å². The number of sulfone groups is 1. The third-order valence-corrected chi connectivity index (χ3v) is 4.01. The molecule has 2 N–H and O–H groups in total. The summed E-state index contributed by atoms with van der Waals surface area (Å²) >= 11 is 0. The van der Waals surface area contributed by atoms with E-state index in [1.54, 1.807) is 30.3 Å². The SMILES string of the molecule is CS(=O)(=O)CCCNC(=O)c1cc2ccccc2c(=O)[nH]1. The zero-order valence-corrected chi connectivity index (χ0v) is 12.4. The quantitative estimate of drug-likeness (QED) is 0.794. The second-order valence-corrected chi connectivity index (χ2v) is 7.10. The second kappa shape index (κ2) is 6.09. The number of aromatic nitrogens is 1. The van der Waals surface area contributed by atoms with E-state index in [9.17, 15) is 18.0 Å². The Morgan fingerprint density at radius 2 is 2.00 bits per heavy atom. The van der Waals surface area contributed by atoms with Crippen LogP contribution >= 0.6 is 0 Å². The maximum absolute atomic E-state index is 11.9. The first-order chi connectivity index (χ1) is 9.87. The zero-order valence-electron chi connectivity index (χ0n) is 11.5. The van der Waals surface area contributed by atoms with Gasteiger partial charge >= 0.3 is 0 Å².